The Labute approximate surface area is 129 Å². The van der Waals surface area contributed by atoms with Crippen LogP contribution in [0.4, 0.5) is 4.39 Å². The second kappa shape index (κ2) is 8.11. The molecule has 0 spiro atoms. The first kappa shape index (κ1) is 15.9. The van der Waals surface area contributed by atoms with Gasteiger partial charge in [-0.2, -0.15) is 0 Å². The summed E-state index contributed by atoms with van der Waals surface area (Å²) in [6.07, 6.45) is 9.71. The lowest BCUT2D eigenvalue weighted by atomic mass is 9.84. The van der Waals surface area contributed by atoms with Gasteiger partial charge in [-0.1, -0.05) is 54.1 Å². The fraction of sp³-hybridized carbons (Fsp3) is 0.625. The molecule has 1 aromatic rings. The molecule has 1 aromatic carbocycles. The van der Waals surface area contributed by atoms with Crippen molar-refractivity contribution < 1.29 is 4.39 Å². The zero-order valence-corrected chi connectivity index (χ0v) is 13.5. The SMILES string of the molecule is NNC(CCC1CCCCC1)Cc1ccc(Br)cc1F. The van der Waals surface area contributed by atoms with Crippen molar-refractivity contribution in [1.29, 1.82) is 0 Å². The number of halogens is 2. The second-order valence-corrected chi connectivity index (χ2v) is 6.80. The van der Waals surface area contributed by atoms with Crippen LogP contribution in [0.15, 0.2) is 22.7 Å². The van der Waals surface area contributed by atoms with Gasteiger partial charge in [0, 0.05) is 10.5 Å². The summed E-state index contributed by atoms with van der Waals surface area (Å²) < 4.78 is 14.6. The highest BCUT2D eigenvalue weighted by atomic mass is 79.9. The summed E-state index contributed by atoms with van der Waals surface area (Å²) in [6.45, 7) is 0. The van der Waals surface area contributed by atoms with Gasteiger partial charge in [-0.15, -0.1) is 0 Å². The molecule has 0 heterocycles. The molecule has 3 N–H and O–H groups in total. The first-order valence-electron chi connectivity index (χ1n) is 7.59. The zero-order chi connectivity index (χ0) is 14.4. The van der Waals surface area contributed by atoms with E-state index in [0.717, 1.165) is 22.4 Å². The average Bonchev–Trinajstić information content (AvgIpc) is 2.46. The van der Waals surface area contributed by atoms with Gasteiger partial charge in [-0.05, 0) is 42.9 Å². The molecule has 0 aromatic heterocycles. The van der Waals surface area contributed by atoms with E-state index in [-0.39, 0.29) is 11.9 Å². The molecule has 0 aliphatic heterocycles. The Hall–Kier alpha value is -0.450. The van der Waals surface area contributed by atoms with Crippen LogP contribution in [0.5, 0.6) is 0 Å². The van der Waals surface area contributed by atoms with Crippen LogP contribution in [0.1, 0.15) is 50.5 Å². The molecule has 112 valence electrons. The molecule has 1 aliphatic carbocycles. The molecule has 2 nitrogen and oxygen atoms in total. The van der Waals surface area contributed by atoms with E-state index < -0.39 is 0 Å². The predicted molar refractivity (Wildman–Crippen MR) is 84.7 cm³/mol. The van der Waals surface area contributed by atoms with Crippen molar-refractivity contribution in [2.75, 3.05) is 0 Å². The number of hydrogen-bond donors (Lipinski definition) is 2. The van der Waals surface area contributed by atoms with Crippen molar-refractivity contribution in [3.8, 4) is 0 Å². The molecule has 4 heteroatoms. The second-order valence-electron chi connectivity index (χ2n) is 5.88. The average molecular weight is 343 g/mol. The third-order valence-corrected chi connectivity index (χ3v) is 4.86. The monoisotopic (exact) mass is 342 g/mol. The van der Waals surface area contributed by atoms with Crippen LogP contribution in [0.3, 0.4) is 0 Å². The van der Waals surface area contributed by atoms with E-state index in [0.29, 0.717) is 6.42 Å². The first-order chi connectivity index (χ1) is 9.69. The van der Waals surface area contributed by atoms with Gasteiger partial charge in [0.25, 0.3) is 0 Å². The maximum atomic E-state index is 13.8. The van der Waals surface area contributed by atoms with E-state index in [9.17, 15) is 4.39 Å². The first-order valence-corrected chi connectivity index (χ1v) is 8.38. The molecule has 1 fully saturated rings. The van der Waals surface area contributed by atoms with Crippen molar-refractivity contribution >= 4 is 15.9 Å². The maximum absolute atomic E-state index is 13.8. The molecule has 20 heavy (non-hydrogen) atoms. The highest BCUT2D eigenvalue weighted by Crippen LogP contribution is 2.28. The van der Waals surface area contributed by atoms with Crippen molar-refractivity contribution in [1.82, 2.24) is 5.43 Å². The zero-order valence-electron chi connectivity index (χ0n) is 11.9. The predicted octanol–water partition coefficient (Wildman–Crippen LogP) is 4.32. The Kier molecular flexibility index (Phi) is 6.46. The van der Waals surface area contributed by atoms with E-state index in [1.54, 1.807) is 0 Å². The maximum Gasteiger partial charge on any atom is 0.127 e. The van der Waals surface area contributed by atoms with Crippen molar-refractivity contribution in [2.24, 2.45) is 11.8 Å². The summed E-state index contributed by atoms with van der Waals surface area (Å²) in [5, 5.41) is 0. The largest absolute Gasteiger partial charge is 0.271 e. The van der Waals surface area contributed by atoms with Crippen LogP contribution in [-0.4, -0.2) is 6.04 Å². The number of nitrogens with two attached hydrogens (primary N) is 1. The van der Waals surface area contributed by atoms with Crippen LogP contribution >= 0.6 is 15.9 Å². The topological polar surface area (TPSA) is 38.0 Å². The van der Waals surface area contributed by atoms with E-state index in [4.69, 9.17) is 5.84 Å². The quantitative estimate of drug-likeness (QED) is 0.596. The van der Waals surface area contributed by atoms with Crippen molar-refractivity contribution in [3.05, 3.63) is 34.1 Å². The van der Waals surface area contributed by atoms with E-state index >= 15 is 0 Å². The lowest BCUT2D eigenvalue weighted by molar-refractivity contribution is 0.312. The van der Waals surface area contributed by atoms with Gasteiger partial charge in [0.2, 0.25) is 0 Å². The normalized spacial score (nSPS) is 18.1. The number of benzene rings is 1. The van der Waals surface area contributed by atoms with Gasteiger partial charge >= 0.3 is 0 Å². The Morgan fingerprint density at radius 3 is 2.70 bits per heavy atom. The summed E-state index contributed by atoms with van der Waals surface area (Å²) in [6, 6.07) is 5.40. The Morgan fingerprint density at radius 2 is 2.05 bits per heavy atom. The molecule has 0 radical (unpaired) electrons. The Balaban J connectivity index is 1.84. The van der Waals surface area contributed by atoms with Crippen LogP contribution < -0.4 is 11.3 Å². The molecule has 1 aliphatic rings. The van der Waals surface area contributed by atoms with E-state index in [1.807, 2.05) is 12.1 Å². The molecule has 0 amide bonds. The van der Waals surface area contributed by atoms with Gasteiger partial charge in [-0.3, -0.25) is 11.3 Å². The molecular weight excluding hydrogens is 319 g/mol. The number of hydrazine groups is 1. The smallest absolute Gasteiger partial charge is 0.127 e. The highest BCUT2D eigenvalue weighted by molar-refractivity contribution is 9.10. The summed E-state index contributed by atoms with van der Waals surface area (Å²) in [5.74, 6) is 6.32. The van der Waals surface area contributed by atoms with Crippen LogP contribution in [0.25, 0.3) is 0 Å². The summed E-state index contributed by atoms with van der Waals surface area (Å²) in [4.78, 5) is 0. The van der Waals surface area contributed by atoms with Gasteiger partial charge < -0.3 is 0 Å². The Bertz CT molecular complexity index is 419. The molecule has 1 atom stereocenters. The lowest BCUT2D eigenvalue weighted by Crippen LogP contribution is -2.37. The van der Waals surface area contributed by atoms with Gasteiger partial charge in [0.1, 0.15) is 5.82 Å². The molecule has 1 unspecified atom stereocenters. The van der Waals surface area contributed by atoms with Crippen molar-refractivity contribution in [2.45, 2.75) is 57.4 Å². The van der Waals surface area contributed by atoms with Crippen LogP contribution in [-0.2, 0) is 6.42 Å². The Morgan fingerprint density at radius 1 is 1.30 bits per heavy atom. The van der Waals surface area contributed by atoms with Gasteiger partial charge in [-0.25, -0.2) is 4.39 Å². The van der Waals surface area contributed by atoms with E-state index in [2.05, 4.69) is 21.4 Å². The highest BCUT2D eigenvalue weighted by Gasteiger charge is 2.17. The summed E-state index contributed by atoms with van der Waals surface area (Å²) >= 11 is 3.28. The molecule has 0 bridgehead atoms. The van der Waals surface area contributed by atoms with Gasteiger partial charge in [0.05, 0.1) is 0 Å². The molecular formula is C16H24BrFN2. The fourth-order valence-electron chi connectivity index (χ4n) is 3.11. The third-order valence-electron chi connectivity index (χ3n) is 4.37. The van der Waals surface area contributed by atoms with Crippen LogP contribution in [0, 0.1) is 11.7 Å². The fourth-order valence-corrected chi connectivity index (χ4v) is 3.44. The molecule has 2 rings (SSSR count). The van der Waals surface area contributed by atoms with Crippen LogP contribution in [0.2, 0.25) is 0 Å². The van der Waals surface area contributed by atoms with E-state index in [1.165, 1.54) is 44.6 Å². The van der Waals surface area contributed by atoms with Crippen molar-refractivity contribution in [3.63, 3.8) is 0 Å². The third kappa shape index (κ3) is 4.83. The summed E-state index contributed by atoms with van der Waals surface area (Å²) in [7, 11) is 0. The number of hydrogen-bond acceptors (Lipinski definition) is 2. The minimum atomic E-state index is -0.155. The standard InChI is InChI=1S/C16H24BrFN2/c17-14-8-7-13(16(18)11-14)10-15(20-19)9-6-12-4-2-1-3-5-12/h7-8,11-12,15,20H,1-6,9-10,19H2. The number of rotatable bonds is 6. The lowest BCUT2D eigenvalue weighted by Gasteiger charge is -2.24. The number of nitrogens with one attached hydrogen (secondary N) is 1. The minimum Gasteiger partial charge on any atom is -0.271 e. The molecule has 0 saturated heterocycles. The minimum absolute atomic E-state index is 0.155. The molecule has 1 saturated carbocycles. The summed E-state index contributed by atoms with van der Waals surface area (Å²) in [5.41, 5.74) is 3.59. The van der Waals surface area contributed by atoms with Gasteiger partial charge in [0.15, 0.2) is 0 Å².